The lowest BCUT2D eigenvalue weighted by molar-refractivity contribution is -0.122. The molecule has 19 heavy (non-hydrogen) atoms. The second-order valence-electron chi connectivity index (χ2n) is 5.73. The molecule has 1 heterocycles. The van der Waals surface area contributed by atoms with Crippen LogP contribution in [0.15, 0.2) is 6.20 Å². The molecule has 2 rings (SSSR count). The Morgan fingerprint density at radius 1 is 1.47 bits per heavy atom. The van der Waals surface area contributed by atoms with Crippen LogP contribution in [0.5, 0.6) is 0 Å². The average Bonchev–Trinajstić information content (AvgIpc) is 2.77. The number of aromatic nitrogens is 1. The van der Waals surface area contributed by atoms with Crippen molar-refractivity contribution in [3.8, 4) is 0 Å². The van der Waals surface area contributed by atoms with Crippen LogP contribution < -0.4 is 5.32 Å². The molecular weight excluding hydrogens is 260 g/mol. The summed E-state index contributed by atoms with van der Waals surface area (Å²) in [6.07, 6.45) is 6.64. The van der Waals surface area contributed by atoms with E-state index in [0.29, 0.717) is 11.0 Å². The molecule has 0 unspecified atom stereocenters. The van der Waals surface area contributed by atoms with Gasteiger partial charge in [0.25, 0.3) is 0 Å². The number of hydrogen-bond acceptors (Lipinski definition) is 4. The van der Waals surface area contributed by atoms with Gasteiger partial charge in [-0.3, -0.25) is 4.79 Å². The molecule has 0 atom stereocenters. The molecule has 5 heteroatoms. The fraction of sp³-hybridized carbons (Fsp3) is 0.714. The number of thiazole rings is 1. The van der Waals surface area contributed by atoms with Gasteiger partial charge in [0.2, 0.25) is 5.91 Å². The van der Waals surface area contributed by atoms with Gasteiger partial charge in [-0.15, -0.1) is 11.3 Å². The van der Waals surface area contributed by atoms with Gasteiger partial charge in [0, 0.05) is 11.1 Å². The Bertz CT molecular complexity index is 436. The summed E-state index contributed by atoms with van der Waals surface area (Å²) in [6.45, 7) is 4.20. The topological polar surface area (TPSA) is 62.2 Å². The van der Waals surface area contributed by atoms with Crippen molar-refractivity contribution in [3.63, 3.8) is 0 Å². The maximum absolute atomic E-state index is 12.0. The van der Waals surface area contributed by atoms with Crippen LogP contribution in [0.2, 0.25) is 0 Å². The zero-order valence-electron chi connectivity index (χ0n) is 11.6. The molecule has 1 aromatic rings. The van der Waals surface area contributed by atoms with Gasteiger partial charge in [0.05, 0.1) is 12.0 Å². The zero-order chi connectivity index (χ0) is 13.9. The van der Waals surface area contributed by atoms with Crippen molar-refractivity contribution in [2.75, 3.05) is 5.32 Å². The van der Waals surface area contributed by atoms with E-state index in [2.05, 4.69) is 24.1 Å². The van der Waals surface area contributed by atoms with Crippen LogP contribution in [-0.2, 0) is 4.79 Å². The lowest BCUT2D eigenvalue weighted by Gasteiger charge is -2.31. The van der Waals surface area contributed by atoms with Crippen molar-refractivity contribution in [1.82, 2.24) is 4.98 Å². The lowest BCUT2D eigenvalue weighted by atomic mass is 9.82. The summed E-state index contributed by atoms with van der Waals surface area (Å²) in [6, 6.07) is 0. The second-order valence-corrected chi connectivity index (χ2v) is 6.79. The van der Waals surface area contributed by atoms with Crippen LogP contribution in [-0.4, -0.2) is 21.6 Å². The molecular formula is C14H22N2O2S. The molecule has 106 valence electrons. The van der Waals surface area contributed by atoms with Crippen molar-refractivity contribution in [2.24, 2.45) is 0 Å². The Morgan fingerprint density at radius 3 is 2.74 bits per heavy atom. The Labute approximate surface area is 118 Å². The first-order valence-electron chi connectivity index (χ1n) is 6.96. The number of aliphatic hydroxyl groups is 1. The summed E-state index contributed by atoms with van der Waals surface area (Å²) in [5, 5.41) is 13.8. The highest BCUT2D eigenvalue weighted by molar-refractivity contribution is 7.15. The summed E-state index contributed by atoms with van der Waals surface area (Å²) in [7, 11) is 0. The van der Waals surface area contributed by atoms with E-state index in [1.165, 1.54) is 11.3 Å². The van der Waals surface area contributed by atoms with Crippen LogP contribution in [0.4, 0.5) is 5.13 Å². The molecule has 0 radical (unpaired) electrons. The molecule has 0 spiro atoms. The highest BCUT2D eigenvalue weighted by atomic mass is 32.1. The maximum atomic E-state index is 12.0. The normalized spacial score (nSPS) is 18.5. The van der Waals surface area contributed by atoms with Crippen LogP contribution in [0.3, 0.4) is 0 Å². The third-order valence-electron chi connectivity index (χ3n) is 3.61. The largest absolute Gasteiger partial charge is 0.389 e. The van der Waals surface area contributed by atoms with E-state index in [-0.39, 0.29) is 12.3 Å². The fourth-order valence-electron chi connectivity index (χ4n) is 2.46. The van der Waals surface area contributed by atoms with Gasteiger partial charge in [0.1, 0.15) is 0 Å². The van der Waals surface area contributed by atoms with E-state index in [1.807, 2.05) is 0 Å². The lowest BCUT2D eigenvalue weighted by Crippen LogP contribution is -2.35. The summed E-state index contributed by atoms with van der Waals surface area (Å²) in [5.74, 6) is 0.291. The van der Waals surface area contributed by atoms with E-state index >= 15 is 0 Å². The predicted molar refractivity (Wildman–Crippen MR) is 77.5 cm³/mol. The van der Waals surface area contributed by atoms with Gasteiger partial charge >= 0.3 is 0 Å². The fourth-order valence-corrected chi connectivity index (χ4v) is 3.29. The average molecular weight is 282 g/mol. The minimum atomic E-state index is -0.805. The van der Waals surface area contributed by atoms with Crippen molar-refractivity contribution < 1.29 is 9.90 Å². The van der Waals surface area contributed by atoms with Crippen molar-refractivity contribution >= 4 is 22.4 Å². The molecule has 1 aromatic heterocycles. The van der Waals surface area contributed by atoms with E-state index in [4.69, 9.17) is 0 Å². The maximum Gasteiger partial charge on any atom is 0.229 e. The molecule has 0 aromatic carbocycles. The Balaban J connectivity index is 1.89. The highest BCUT2D eigenvalue weighted by Gasteiger charge is 2.31. The first-order valence-corrected chi connectivity index (χ1v) is 7.78. The summed E-state index contributed by atoms with van der Waals surface area (Å²) < 4.78 is 0. The Kier molecular flexibility index (Phi) is 4.58. The number of rotatable bonds is 4. The molecule has 0 saturated heterocycles. The minimum absolute atomic E-state index is 0.131. The molecule has 0 aliphatic heterocycles. The minimum Gasteiger partial charge on any atom is -0.389 e. The Morgan fingerprint density at radius 2 is 2.16 bits per heavy atom. The van der Waals surface area contributed by atoms with E-state index in [0.717, 1.165) is 37.0 Å². The smallest absolute Gasteiger partial charge is 0.229 e. The molecule has 1 aliphatic carbocycles. The van der Waals surface area contributed by atoms with Crippen molar-refractivity contribution in [3.05, 3.63) is 11.1 Å². The van der Waals surface area contributed by atoms with Gasteiger partial charge in [-0.1, -0.05) is 33.1 Å². The van der Waals surface area contributed by atoms with E-state index in [9.17, 15) is 9.90 Å². The third-order valence-corrected chi connectivity index (χ3v) is 4.83. The third kappa shape index (κ3) is 4.01. The number of anilines is 1. The molecule has 1 amide bonds. The molecule has 1 fully saturated rings. The number of carbonyl (C=O) groups excluding carboxylic acids is 1. The molecule has 1 saturated carbocycles. The summed E-state index contributed by atoms with van der Waals surface area (Å²) in [5.41, 5.74) is -0.805. The molecule has 1 aliphatic rings. The SMILES string of the molecule is CC(C)c1cnc(NC(=O)CC2(O)CCCCC2)s1. The van der Waals surface area contributed by atoms with E-state index in [1.54, 1.807) is 6.20 Å². The van der Waals surface area contributed by atoms with Gasteiger partial charge in [-0.05, 0) is 18.8 Å². The van der Waals surface area contributed by atoms with Crippen molar-refractivity contribution in [1.29, 1.82) is 0 Å². The van der Waals surface area contributed by atoms with E-state index < -0.39 is 5.60 Å². The summed E-state index contributed by atoms with van der Waals surface area (Å²) >= 11 is 1.51. The standard InChI is InChI=1S/C14H22N2O2S/c1-10(2)11-9-15-13(19-11)16-12(17)8-14(18)6-4-3-5-7-14/h9-10,18H,3-8H2,1-2H3,(H,15,16,17). The number of hydrogen-bond donors (Lipinski definition) is 2. The molecule has 2 N–H and O–H groups in total. The van der Waals surface area contributed by atoms with Crippen LogP contribution in [0.25, 0.3) is 0 Å². The van der Waals surface area contributed by atoms with Gasteiger partial charge in [0.15, 0.2) is 5.13 Å². The second kappa shape index (κ2) is 6.01. The quantitative estimate of drug-likeness (QED) is 0.890. The number of nitrogens with one attached hydrogen (secondary N) is 1. The molecule has 4 nitrogen and oxygen atoms in total. The van der Waals surface area contributed by atoms with Gasteiger partial charge in [-0.25, -0.2) is 4.98 Å². The monoisotopic (exact) mass is 282 g/mol. The first-order chi connectivity index (χ1) is 8.98. The van der Waals surface area contributed by atoms with Gasteiger partial charge in [-0.2, -0.15) is 0 Å². The summed E-state index contributed by atoms with van der Waals surface area (Å²) in [4.78, 5) is 17.3. The zero-order valence-corrected chi connectivity index (χ0v) is 12.4. The number of nitrogens with zero attached hydrogens (tertiary/aromatic N) is 1. The number of amides is 1. The first kappa shape index (κ1) is 14.5. The van der Waals surface area contributed by atoms with Crippen LogP contribution in [0.1, 0.15) is 63.2 Å². The molecule has 0 bridgehead atoms. The van der Waals surface area contributed by atoms with Crippen LogP contribution >= 0.6 is 11.3 Å². The Hall–Kier alpha value is -0.940. The highest BCUT2D eigenvalue weighted by Crippen LogP contribution is 2.31. The van der Waals surface area contributed by atoms with Crippen LogP contribution in [0, 0.1) is 0 Å². The van der Waals surface area contributed by atoms with Crippen molar-refractivity contribution in [2.45, 2.75) is 63.9 Å². The van der Waals surface area contributed by atoms with Gasteiger partial charge < -0.3 is 10.4 Å². The predicted octanol–water partition coefficient (Wildman–Crippen LogP) is 3.29. The number of carbonyl (C=O) groups is 1.